The molecule has 0 unspecified atom stereocenters. The lowest BCUT2D eigenvalue weighted by Crippen LogP contribution is -2.59. The van der Waals surface area contributed by atoms with Gasteiger partial charge in [0.2, 0.25) is 17.7 Å². The van der Waals surface area contributed by atoms with Crippen LogP contribution in [-0.2, 0) is 14.4 Å². The monoisotopic (exact) mass is 769 g/mol. The van der Waals surface area contributed by atoms with Crippen molar-refractivity contribution in [1.29, 1.82) is 0 Å². The number of β-amino-alcohol motifs (C(OH)–C–C–N with tert-alkyl or cyclic N) is 1. The van der Waals surface area contributed by atoms with Crippen molar-refractivity contribution in [2.24, 2.45) is 5.41 Å². The molecule has 6 N–H and O–H groups in total. The quantitative estimate of drug-likeness (QED) is 0.158. The summed E-state index contributed by atoms with van der Waals surface area (Å²) in [6.45, 7) is 13.6. The second-order valence-corrected chi connectivity index (χ2v) is 16.5. The number of phenols is 1. The number of aromatic hydroxyl groups is 1. The number of aliphatic hydroxyl groups is 1. The number of nitrogens with two attached hydrogens (primary N) is 1. The number of aryl methyl sites for hydroxylation is 2. The maximum Gasteiger partial charge on any atom is 0.246 e. The molecule has 6 rings (SSSR count). The van der Waals surface area contributed by atoms with Crippen LogP contribution in [0.5, 0.6) is 5.75 Å². The zero-order valence-electron chi connectivity index (χ0n) is 32.2. The molecule has 2 aliphatic rings. The number of hydrogen-bond donors (Lipinski definition) is 5. The van der Waals surface area contributed by atoms with Crippen LogP contribution in [0.15, 0.2) is 54.0 Å². The number of nitrogens with zero attached hydrogens (tertiary/aromatic N) is 6. The highest BCUT2D eigenvalue weighted by molar-refractivity contribution is 7.13. The molecule has 3 amide bonds. The molecule has 15 heteroatoms. The van der Waals surface area contributed by atoms with Crippen LogP contribution in [0.25, 0.3) is 21.7 Å². The van der Waals surface area contributed by atoms with Gasteiger partial charge in [-0.25, -0.2) is 4.98 Å². The summed E-state index contributed by atoms with van der Waals surface area (Å²) in [5.41, 5.74) is 12.8. The summed E-state index contributed by atoms with van der Waals surface area (Å²) < 4.78 is 0. The molecule has 4 heterocycles. The molecule has 14 nitrogen and oxygen atoms in total. The summed E-state index contributed by atoms with van der Waals surface area (Å²) >= 11 is 1.58. The second kappa shape index (κ2) is 16.3. The van der Waals surface area contributed by atoms with E-state index in [9.17, 15) is 24.6 Å². The average Bonchev–Trinajstić information content (AvgIpc) is 3.77. The normalized spacial score (nSPS) is 18.9. The Labute approximate surface area is 325 Å². The fourth-order valence-electron chi connectivity index (χ4n) is 7.21. The molecular formula is C40H51N9O5S. The number of nitrogen functional groups attached to an aromatic ring is 1. The minimum atomic E-state index is -0.929. The molecule has 292 valence electrons. The zero-order chi connectivity index (χ0) is 39.6. The molecule has 2 fully saturated rings. The van der Waals surface area contributed by atoms with Gasteiger partial charge in [-0.1, -0.05) is 57.2 Å². The van der Waals surface area contributed by atoms with Crippen molar-refractivity contribution in [2.75, 3.05) is 49.9 Å². The maximum absolute atomic E-state index is 14.2. The van der Waals surface area contributed by atoms with E-state index in [4.69, 9.17) is 5.73 Å². The molecule has 4 aromatic rings. The Kier molecular flexibility index (Phi) is 11.7. The third-order valence-electron chi connectivity index (χ3n) is 10.5. The van der Waals surface area contributed by atoms with Gasteiger partial charge in [-0.15, -0.1) is 21.5 Å². The fraction of sp³-hybridized carbons (Fsp3) is 0.450. The molecule has 4 atom stereocenters. The predicted octanol–water partition coefficient (Wildman–Crippen LogP) is 3.66. The number of thiazole rings is 1. The SMILES string of the molecule is Cc1cccc(-c2cc(N3CCN(CC(=O)N[C@H](C(=O)N4C[C@H](O)C[C@H]4C(=O)N[C@@H](C)c4ccc(-c5scnc5C)cc4)C(C)(C)C)CC3)c(N)nn2)c1O. The molecule has 2 aromatic heterocycles. The largest absolute Gasteiger partial charge is 0.507 e. The third kappa shape index (κ3) is 8.90. The van der Waals surface area contributed by atoms with Crippen molar-refractivity contribution in [2.45, 2.75) is 72.2 Å². The van der Waals surface area contributed by atoms with Crippen LogP contribution in [0.3, 0.4) is 0 Å². The first-order valence-electron chi connectivity index (χ1n) is 18.6. The molecular weight excluding hydrogens is 719 g/mol. The molecule has 0 saturated carbocycles. The van der Waals surface area contributed by atoms with Crippen LogP contribution in [0.1, 0.15) is 57.0 Å². The second-order valence-electron chi connectivity index (χ2n) is 15.6. The predicted molar refractivity (Wildman–Crippen MR) is 213 cm³/mol. The van der Waals surface area contributed by atoms with Crippen molar-refractivity contribution >= 4 is 40.6 Å². The summed E-state index contributed by atoms with van der Waals surface area (Å²) in [6, 6.07) is 13.1. The molecule has 0 aliphatic carbocycles. The number of carbonyl (C=O) groups is 3. The molecule has 2 aromatic carbocycles. The molecule has 0 spiro atoms. The van der Waals surface area contributed by atoms with Gasteiger partial charge in [0.25, 0.3) is 0 Å². The van der Waals surface area contributed by atoms with E-state index >= 15 is 0 Å². The summed E-state index contributed by atoms with van der Waals surface area (Å²) in [6.07, 6.45) is -0.763. The molecule has 2 aliphatic heterocycles. The lowest BCUT2D eigenvalue weighted by atomic mass is 9.85. The number of nitrogens with one attached hydrogen (secondary N) is 2. The van der Waals surface area contributed by atoms with Crippen LogP contribution >= 0.6 is 11.3 Å². The first-order chi connectivity index (χ1) is 26.1. The number of carbonyl (C=O) groups excluding carboxylic acids is 3. The van der Waals surface area contributed by atoms with E-state index in [0.29, 0.717) is 43.1 Å². The highest BCUT2D eigenvalue weighted by atomic mass is 32.1. The van der Waals surface area contributed by atoms with Gasteiger partial charge < -0.3 is 36.4 Å². The van der Waals surface area contributed by atoms with Gasteiger partial charge in [0.05, 0.1) is 46.2 Å². The molecule has 2 saturated heterocycles. The number of hydrogen-bond acceptors (Lipinski definition) is 12. The number of aliphatic hydroxyl groups excluding tert-OH is 1. The molecule has 0 bridgehead atoms. The van der Waals surface area contributed by atoms with Gasteiger partial charge in [-0.3, -0.25) is 19.3 Å². The Morgan fingerprint density at radius 3 is 2.38 bits per heavy atom. The van der Waals surface area contributed by atoms with Gasteiger partial charge in [-0.2, -0.15) is 0 Å². The maximum atomic E-state index is 14.2. The van der Waals surface area contributed by atoms with E-state index in [1.54, 1.807) is 17.4 Å². The number of rotatable bonds is 10. The van der Waals surface area contributed by atoms with Crippen molar-refractivity contribution < 1.29 is 24.6 Å². The number of benzene rings is 2. The molecule has 55 heavy (non-hydrogen) atoms. The van der Waals surface area contributed by atoms with E-state index in [1.807, 2.05) is 94.4 Å². The van der Waals surface area contributed by atoms with Crippen LogP contribution in [0.2, 0.25) is 0 Å². The zero-order valence-corrected chi connectivity index (χ0v) is 33.1. The first-order valence-corrected chi connectivity index (χ1v) is 19.5. The van der Waals surface area contributed by atoms with Crippen molar-refractivity contribution in [3.63, 3.8) is 0 Å². The van der Waals surface area contributed by atoms with E-state index in [2.05, 4.69) is 30.7 Å². The van der Waals surface area contributed by atoms with E-state index in [1.165, 1.54) is 4.90 Å². The Morgan fingerprint density at radius 2 is 1.73 bits per heavy atom. The minimum absolute atomic E-state index is 0.00316. The van der Waals surface area contributed by atoms with Gasteiger partial charge in [0.15, 0.2) is 5.82 Å². The van der Waals surface area contributed by atoms with E-state index in [0.717, 1.165) is 27.3 Å². The number of anilines is 2. The van der Waals surface area contributed by atoms with Crippen molar-refractivity contribution in [3.05, 3.63) is 70.9 Å². The standard InChI is InChI=1S/C40H51N9O5S/c1-23-8-7-9-29(34(23)52)30-19-31(37(41)46-45-30)48-16-14-47(15-17-48)21-33(51)44-36(40(4,5)6)39(54)49-20-28(50)18-32(49)38(53)43-24(2)26-10-12-27(13-11-26)35-25(3)42-22-55-35/h7-13,19,22,24,28,32,36,50,52H,14-18,20-21H2,1-6H3,(H2,41,46)(H,43,53)(H,44,51)/t24-,28+,32-,36+/m0/s1. The third-order valence-corrected chi connectivity index (χ3v) is 11.4. The summed E-state index contributed by atoms with van der Waals surface area (Å²) in [5.74, 6) is -0.654. The van der Waals surface area contributed by atoms with E-state index < -0.39 is 29.5 Å². The van der Waals surface area contributed by atoms with Crippen LogP contribution in [0.4, 0.5) is 11.5 Å². The smallest absolute Gasteiger partial charge is 0.246 e. The summed E-state index contributed by atoms with van der Waals surface area (Å²) in [4.78, 5) is 52.3. The minimum Gasteiger partial charge on any atom is -0.507 e. The van der Waals surface area contributed by atoms with E-state index in [-0.39, 0.29) is 48.9 Å². The number of phenolic OH excluding ortho intramolecular Hbond substituents is 1. The Morgan fingerprint density at radius 1 is 1.02 bits per heavy atom. The highest BCUT2D eigenvalue weighted by Crippen LogP contribution is 2.34. The fourth-order valence-corrected chi connectivity index (χ4v) is 8.03. The average molecular weight is 770 g/mol. The number of likely N-dealkylation sites (tertiary alicyclic amines) is 1. The number of para-hydroxylation sites is 1. The van der Waals surface area contributed by atoms with Crippen LogP contribution in [-0.4, -0.2) is 110 Å². The summed E-state index contributed by atoms with van der Waals surface area (Å²) in [7, 11) is 0. The number of aromatic nitrogens is 3. The number of piperazine rings is 1. The number of amides is 3. The van der Waals surface area contributed by atoms with Gasteiger partial charge in [-0.05, 0) is 55.0 Å². The van der Waals surface area contributed by atoms with Crippen molar-refractivity contribution in [3.8, 4) is 27.4 Å². The lowest BCUT2D eigenvalue weighted by molar-refractivity contribution is -0.144. The Balaban J connectivity index is 1.06. The van der Waals surface area contributed by atoms with Crippen LogP contribution < -0.4 is 21.3 Å². The first kappa shape index (κ1) is 39.6. The summed E-state index contributed by atoms with van der Waals surface area (Å²) in [5, 5.41) is 35.6. The van der Waals surface area contributed by atoms with Crippen molar-refractivity contribution in [1.82, 2.24) is 35.6 Å². The topological polar surface area (TPSA) is 190 Å². The Hall–Kier alpha value is -5.12. The highest BCUT2D eigenvalue weighted by Gasteiger charge is 2.45. The molecule has 0 radical (unpaired) electrons. The van der Waals surface area contributed by atoms with Gasteiger partial charge >= 0.3 is 0 Å². The Bertz CT molecular complexity index is 2020. The van der Waals surface area contributed by atoms with Gasteiger partial charge in [0.1, 0.15) is 17.8 Å². The lowest BCUT2D eigenvalue weighted by Gasteiger charge is -2.38. The van der Waals surface area contributed by atoms with Gasteiger partial charge in [0, 0.05) is 44.7 Å². The van der Waals surface area contributed by atoms with Crippen LogP contribution in [0, 0.1) is 19.3 Å².